The van der Waals surface area contributed by atoms with E-state index in [0.29, 0.717) is 36.0 Å². The maximum atomic E-state index is 11.9. The lowest BCUT2D eigenvalue weighted by Crippen LogP contribution is -2.20. The predicted octanol–water partition coefficient (Wildman–Crippen LogP) is 3.57. The lowest BCUT2D eigenvalue weighted by Gasteiger charge is -2.07. The number of nitrogens with one attached hydrogen (secondary N) is 1. The number of ether oxygens (including phenoxy) is 3. The number of fused-ring (bicyclic) bond motifs is 1. The van der Waals surface area contributed by atoms with Crippen molar-refractivity contribution in [2.24, 2.45) is 0 Å². The molecule has 7 nitrogen and oxygen atoms in total. The summed E-state index contributed by atoms with van der Waals surface area (Å²) in [5.74, 6) is 0.105. The summed E-state index contributed by atoms with van der Waals surface area (Å²) in [4.78, 5) is 23.8. The van der Waals surface area contributed by atoms with Crippen molar-refractivity contribution in [3.8, 4) is 17.6 Å². The molecule has 1 amide bonds. The molecule has 0 radical (unpaired) electrons. The van der Waals surface area contributed by atoms with Crippen LogP contribution >= 0.6 is 11.6 Å². The van der Waals surface area contributed by atoms with E-state index >= 15 is 0 Å². The van der Waals surface area contributed by atoms with E-state index in [1.165, 1.54) is 24.3 Å². The summed E-state index contributed by atoms with van der Waals surface area (Å²) < 4.78 is 16.1. The monoisotopic (exact) mass is 412 g/mol. The highest BCUT2D eigenvalue weighted by Gasteiger charge is 2.11. The van der Waals surface area contributed by atoms with Gasteiger partial charge in [-0.05, 0) is 42.0 Å². The van der Waals surface area contributed by atoms with Crippen molar-refractivity contribution in [2.75, 3.05) is 25.1 Å². The van der Waals surface area contributed by atoms with E-state index in [4.69, 9.17) is 31.1 Å². The number of carbonyl (C=O) groups is 2. The molecular formula is C21H17ClN2O5. The first kappa shape index (κ1) is 20.2. The molecule has 0 unspecified atom stereocenters. The molecule has 1 aliphatic rings. The fourth-order valence-corrected chi connectivity index (χ4v) is 2.74. The van der Waals surface area contributed by atoms with Crippen LogP contribution in [0.2, 0.25) is 5.02 Å². The smallest absolute Gasteiger partial charge is 0.331 e. The molecule has 1 N–H and O–H groups in total. The zero-order valence-corrected chi connectivity index (χ0v) is 16.1. The Labute approximate surface area is 172 Å². The highest BCUT2D eigenvalue weighted by molar-refractivity contribution is 6.32. The van der Waals surface area contributed by atoms with Gasteiger partial charge in [0.25, 0.3) is 5.91 Å². The van der Waals surface area contributed by atoms with Crippen LogP contribution in [-0.2, 0) is 14.3 Å². The number of rotatable bonds is 5. The number of nitriles is 1. The van der Waals surface area contributed by atoms with Gasteiger partial charge in [0.2, 0.25) is 0 Å². The fraction of sp³-hybridized carbons (Fsp3) is 0.190. The zero-order chi connectivity index (χ0) is 20.6. The molecule has 0 fully saturated rings. The van der Waals surface area contributed by atoms with Crippen LogP contribution in [0.4, 0.5) is 5.69 Å². The van der Waals surface area contributed by atoms with Crippen molar-refractivity contribution in [2.45, 2.75) is 6.42 Å². The molecule has 0 atom stereocenters. The Morgan fingerprint density at radius 1 is 1.17 bits per heavy atom. The summed E-state index contributed by atoms with van der Waals surface area (Å²) in [5, 5.41) is 11.6. The average molecular weight is 413 g/mol. The van der Waals surface area contributed by atoms with E-state index in [9.17, 15) is 9.59 Å². The summed E-state index contributed by atoms with van der Waals surface area (Å²) in [5.41, 5.74) is 1.44. The minimum absolute atomic E-state index is 0.223. The Balaban J connectivity index is 1.50. The maximum absolute atomic E-state index is 11.9. The van der Waals surface area contributed by atoms with Crippen LogP contribution in [0.5, 0.6) is 11.5 Å². The Kier molecular flexibility index (Phi) is 6.72. The Morgan fingerprint density at radius 3 is 2.72 bits per heavy atom. The topological polar surface area (TPSA) is 97.7 Å². The Bertz CT molecular complexity index is 997. The summed E-state index contributed by atoms with van der Waals surface area (Å²) in [6.07, 6.45) is 3.60. The molecule has 1 heterocycles. The molecule has 0 saturated carbocycles. The third-order valence-corrected chi connectivity index (χ3v) is 4.21. The third-order valence-electron chi connectivity index (χ3n) is 3.90. The van der Waals surface area contributed by atoms with E-state index in [1.807, 2.05) is 6.07 Å². The van der Waals surface area contributed by atoms with Crippen molar-refractivity contribution in [3.63, 3.8) is 0 Å². The van der Waals surface area contributed by atoms with E-state index in [-0.39, 0.29) is 5.02 Å². The van der Waals surface area contributed by atoms with Crippen LogP contribution in [0.25, 0.3) is 6.08 Å². The number of carbonyl (C=O) groups excluding carboxylic acids is 2. The SMILES string of the molecule is N#Cc1ccc(NC(=O)COC(=O)/C=C/c2ccc3c(c2)OCCCO3)cc1Cl. The highest BCUT2D eigenvalue weighted by Crippen LogP contribution is 2.30. The highest BCUT2D eigenvalue weighted by atomic mass is 35.5. The van der Waals surface area contributed by atoms with Crippen molar-refractivity contribution < 1.29 is 23.8 Å². The van der Waals surface area contributed by atoms with Gasteiger partial charge in [0, 0.05) is 18.2 Å². The second-order valence-corrected chi connectivity index (χ2v) is 6.46. The first-order valence-electron chi connectivity index (χ1n) is 8.79. The van der Waals surface area contributed by atoms with Crippen LogP contribution in [0.1, 0.15) is 17.5 Å². The van der Waals surface area contributed by atoms with Gasteiger partial charge in [0.15, 0.2) is 18.1 Å². The van der Waals surface area contributed by atoms with Crippen LogP contribution in [-0.4, -0.2) is 31.7 Å². The molecule has 8 heteroatoms. The van der Waals surface area contributed by atoms with E-state index < -0.39 is 18.5 Å². The average Bonchev–Trinajstić information content (AvgIpc) is 2.96. The molecule has 2 aromatic rings. The van der Waals surface area contributed by atoms with Crippen molar-refractivity contribution in [3.05, 3.63) is 58.6 Å². The first-order chi connectivity index (χ1) is 14.0. The van der Waals surface area contributed by atoms with E-state index in [0.717, 1.165) is 12.0 Å². The molecule has 3 rings (SSSR count). The molecular weight excluding hydrogens is 396 g/mol. The lowest BCUT2D eigenvalue weighted by molar-refractivity contribution is -0.142. The number of amides is 1. The van der Waals surface area contributed by atoms with Gasteiger partial charge in [-0.3, -0.25) is 4.79 Å². The van der Waals surface area contributed by atoms with Gasteiger partial charge in [-0.25, -0.2) is 4.79 Å². The Morgan fingerprint density at radius 2 is 1.97 bits per heavy atom. The Hall–Kier alpha value is -3.50. The van der Waals surface area contributed by atoms with Gasteiger partial charge in [0.05, 0.1) is 23.8 Å². The minimum atomic E-state index is -0.662. The van der Waals surface area contributed by atoms with Gasteiger partial charge in [-0.15, -0.1) is 0 Å². The van der Waals surface area contributed by atoms with Gasteiger partial charge < -0.3 is 19.5 Å². The predicted molar refractivity (Wildman–Crippen MR) is 107 cm³/mol. The second kappa shape index (κ2) is 9.62. The van der Waals surface area contributed by atoms with Crippen LogP contribution in [0.15, 0.2) is 42.5 Å². The molecule has 148 valence electrons. The quantitative estimate of drug-likeness (QED) is 0.595. The molecule has 29 heavy (non-hydrogen) atoms. The van der Waals surface area contributed by atoms with E-state index in [2.05, 4.69) is 5.32 Å². The van der Waals surface area contributed by atoms with Crippen molar-refractivity contribution >= 4 is 35.2 Å². The molecule has 0 spiro atoms. The summed E-state index contributed by atoms with van der Waals surface area (Å²) >= 11 is 5.91. The summed E-state index contributed by atoms with van der Waals surface area (Å²) in [6.45, 7) is 0.717. The minimum Gasteiger partial charge on any atom is -0.490 e. The number of hydrogen-bond acceptors (Lipinski definition) is 6. The number of esters is 1. The van der Waals surface area contributed by atoms with Crippen LogP contribution < -0.4 is 14.8 Å². The normalized spacial score (nSPS) is 12.7. The number of hydrogen-bond donors (Lipinski definition) is 1. The molecule has 1 aliphatic heterocycles. The summed E-state index contributed by atoms with van der Waals surface area (Å²) in [7, 11) is 0. The van der Waals surface area contributed by atoms with Gasteiger partial charge in [0.1, 0.15) is 6.07 Å². The molecule has 2 aromatic carbocycles. The van der Waals surface area contributed by atoms with Crippen molar-refractivity contribution in [1.82, 2.24) is 0 Å². The third kappa shape index (κ3) is 5.74. The standard InChI is InChI=1S/C21H17ClN2O5/c22-17-11-16(5-4-15(17)12-23)24-20(25)13-29-21(26)7-3-14-2-6-18-19(10-14)28-9-1-8-27-18/h2-7,10-11H,1,8-9,13H2,(H,24,25)/b7-3+. The number of benzene rings is 2. The lowest BCUT2D eigenvalue weighted by atomic mass is 10.2. The number of nitrogens with zero attached hydrogens (tertiary/aromatic N) is 1. The van der Waals surface area contributed by atoms with Crippen LogP contribution in [0.3, 0.4) is 0 Å². The summed E-state index contributed by atoms with van der Waals surface area (Å²) in [6, 6.07) is 11.7. The van der Waals surface area contributed by atoms with Crippen molar-refractivity contribution in [1.29, 1.82) is 5.26 Å². The maximum Gasteiger partial charge on any atom is 0.331 e. The fourth-order valence-electron chi connectivity index (χ4n) is 2.51. The molecule has 0 saturated heterocycles. The van der Waals surface area contributed by atoms with Gasteiger partial charge >= 0.3 is 5.97 Å². The van der Waals surface area contributed by atoms with E-state index in [1.54, 1.807) is 24.3 Å². The van der Waals surface area contributed by atoms with Gasteiger partial charge in [-0.2, -0.15) is 5.26 Å². The zero-order valence-electron chi connectivity index (χ0n) is 15.3. The molecule has 0 bridgehead atoms. The molecule has 0 aliphatic carbocycles. The number of anilines is 1. The second-order valence-electron chi connectivity index (χ2n) is 6.05. The van der Waals surface area contributed by atoms with Gasteiger partial charge in [-0.1, -0.05) is 17.7 Å². The first-order valence-corrected chi connectivity index (χ1v) is 9.17. The van der Waals surface area contributed by atoms with Crippen LogP contribution in [0, 0.1) is 11.3 Å². The number of halogens is 1. The molecule has 0 aromatic heterocycles. The largest absolute Gasteiger partial charge is 0.490 e.